The highest BCUT2D eigenvalue weighted by Gasteiger charge is 2.27. The molecule has 1 heterocycles. The Morgan fingerprint density at radius 1 is 1.24 bits per heavy atom. The molecule has 0 aliphatic heterocycles. The molecule has 0 bridgehead atoms. The molecule has 0 fully saturated rings. The van der Waals surface area contributed by atoms with Crippen molar-refractivity contribution in [3.05, 3.63) is 35.0 Å². The summed E-state index contributed by atoms with van der Waals surface area (Å²) in [5.74, 6) is 1.13. The number of benzene rings is 1. The molecule has 17 heavy (non-hydrogen) atoms. The summed E-state index contributed by atoms with van der Waals surface area (Å²) in [6.45, 7) is 6.15. The van der Waals surface area contributed by atoms with E-state index in [0.29, 0.717) is 10.8 Å². The molecule has 0 aliphatic rings. The van der Waals surface area contributed by atoms with E-state index in [1.807, 2.05) is 45.0 Å². The number of anilines is 1. The molecule has 2 N–H and O–H groups in total. The van der Waals surface area contributed by atoms with Crippen LogP contribution in [0.15, 0.2) is 28.8 Å². The molecule has 0 aliphatic carbocycles. The lowest BCUT2D eigenvalue weighted by Gasteiger charge is -2.16. The van der Waals surface area contributed by atoms with Gasteiger partial charge in [0.2, 0.25) is 0 Å². The third kappa shape index (κ3) is 2.15. The molecule has 0 radical (unpaired) electrons. The summed E-state index contributed by atoms with van der Waals surface area (Å²) in [7, 11) is 0. The zero-order valence-corrected chi connectivity index (χ0v) is 10.9. The van der Waals surface area contributed by atoms with Crippen molar-refractivity contribution in [2.45, 2.75) is 26.2 Å². The van der Waals surface area contributed by atoms with Gasteiger partial charge < -0.3 is 10.3 Å². The number of halogens is 1. The zero-order chi connectivity index (χ0) is 12.6. The number of nitrogens with zero attached hydrogens (tertiary/aromatic N) is 1. The van der Waals surface area contributed by atoms with E-state index in [2.05, 4.69) is 5.16 Å². The standard InChI is InChI=1S/C13H15ClN2O/c1-13(2,3)11-10(12(15)16-17-11)8-6-4-5-7-9(8)14/h4-7H,1-3H3,(H2,15,16). The molecule has 1 aromatic heterocycles. The van der Waals surface area contributed by atoms with Crippen LogP contribution in [-0.4, -0.2) is 5.16 Å². The maximum atomic E-state index is 6.18. The predicted octanol–water partition coefficient (Wildman–Crippen LogP) is 3.87. The second kappa shape index (κ2) is 4.08. The van der Waals surface area contributed by atoms with E-state index in [0.717, 1.165) is 16.9 Å². The SMILES string of the molecule is CC(C)(C)c1onc(N)c1-c1ccccc1Cl. The van der Waals surface area contributed by atoms with E-state index in [-0.39, 0.29) is 5.41 Å². The van der Waals surface area contributed by atoms with Crippen molar-refractivity contribution in [2.24, 2.45) is 0 Å². The van der Waals surface area contributed by atoms with E-state index in [4.69, 9.17) is 21.9 Å². The van der Waals surface area contributed by atoms with Crippen molar-refractivity contribution in [1.29, 1.82) is 0 Å². The van der Waals surface area contributed by atoms with Gasteiger partial charge in [-0.15, -0.1) is 0 Å². The molecule has 2 aromatic rings. The number of aromatic nitrogens is 1. The first-order valence-electron chi connectivity index (χ1n) is 5.42. The van der Waals surface area contributed by atoms with Crippen molar-refractivity contribution < 1.29 is 4.52 Å². The number of nitrogen functional groups attached to an aromatic ring is 1. The quantitative estimate of drug-likeness (QED) is 0.836. The van der Waals surface area contributed by atoms with Crippen molar-refractivity contribution >= 4 is 17.4 Å². The third-order valence-electron chi connectivity index (χ3n) is 2.54. The van der Waals surface area contributed by atoms with Crippen molar-refractivity contribution in [2.75, 3.05) is 5.73 Å². The van der Waals surface area contributed by atoms with E-state index >= 15 is 0 Å². The molecule has 0 unspecified atom stereocenters. The second-order valence-electron chi connectivity index (χ2n) is 5.00. The van der Waals surface area contributed by atoms with E-state index in [9.17, 15) is 0 Å². The fourth-order valence-corrected chi connectivity index (χ4v) is 1.97. The first-order valence-corrected chi connectivity index (χ1v) is 5.79. The van der Waals surface area contributed by atoms with E-state index < -0.39 is 0 Å². The summed E-state index contributed by atoms with van der Waals surface area (Å²) in [6.07, 6.45) is 0. The van der Waals surface area contributed by atoms with Crippen LogP contribution in [-0.2, 0) is 5.41 Å². The molecular weight excluding hydrogens is 236 g/mol. The Morgan fingerprint density at radius 2 is 1.88 bits per heavy atom. The van der Waals surface area contributed by atoms with Gasteiger partial charge in [-0.05, 0) is 6.07 Å². The maximum absolute atomic E-state index is 6.18. The van der Waals surface area contributed by atoms with Crippen LogP contribution in [0.3, 0.4) is 0 Å². The molecule has 2 rings (SSSR count). The van der Waals surface area contributed by atoms with Crippen LogP contribution in [0.5, 0.6) is 0 Å². The average Bonchev–Trinajstić information content (AvgIpc) is 2.60. The van der Waals surface area contributed by atoms with Crippen LogP contribution in [0.1, 0.15) is 26.5 Å². The van der Waals surface area contributed by atoms with E-state index in [1.54, 1.807) is 0 Å². The zero-order valence-electron chi connectivity index (χ0n) is 10.1. The first kappa shape index (κ1) is 12.0. The molecule has 0 spiro atoms. The van der Waals surface area contributed by atoms with Gasteiger partial charge in [0.25, 0.3) is 0 Å². The molecular formula is C13H15ClN2O. The summed E-state index contributed by atoms with van der Waals surface area (Å²) in [5.41, 5.74) is 7.36. The van der Waals surface area contributed by atoms with Gasteiger partial charge >= 0.3 is 0 Å². The smallest absolute Gasteiger partial charge is 0.175 e. The average molecular weight is 251 g/mol. The minimum Gasteiger partial charge on any atom is -0.380 e. The first-order chi connectivity index (χ1) is 7.91. The summed E-state index contributed by atoms with van der Waals surface area (Å²) in [6, 6.07) is 7.54. The summed E-state index contributed by atoms with van der Waals surface area (Å²) >= 11 is 6.18. The number of rotatable bonds is 1. The van der Waals surface area contributed by atoms with E-state index in [1.165, 1.54) is 0 Å². The van der Waals surface area contributed by atoms with Crippen molar-refractivity contribution in [3.63, 3.8) is 0 Å². The topological polar surface area (TPSA) is 52.0 Å². The number of hydrogen-bond donors (Lipinski definition) is 1. The minimum atomic E-state index is -0.168. The van der Waals surface area contributed by atoms with Crippen LogP contribution < -0.4 is 5.73 Å². The Morgan fingerprint density at radius 3 is 2.47 bits per heavy atom. The highest BCUT2D eigenvalue weighted by molar-refractivity contribution is 6.33. The normalized spacial score (nSPS) is 11.8. The highest BCUT2D eigenvalue weighted by Crippen LogP contribution is 2.39. The summed E-state index contributed by atoms with van der Waals surface area (Å²) in [5, 5.41) is 4.49. The van der Waals surface area contributed by atoms with Gasteiger partial charge in [-0.2, -0.15) is 0 Å². The van der Waals surface area contributed by atoms with Gasteiger partial charge in [0.1, 0.15) is 0 Å². The van der Waals surface area contributed by atoms with Crippen LogP contribution in [0, 0.1) is 0 Å². The van der Waals surface area contributed by atoms with Crippen LogP contribution in [0.2, 0.25) is 5.02 Å². The van der Waals surface area contributed by atoms with Gasteiger partial charge in [-0.1, -0.05) is 55.7 Å². The van der Waals surface area contributed by atoms with Gasteiger partial charge in [-0.25, -0.2) is 0 Å². The number of nitrogens with two attached hydrogens (primary N) is 1. The Kier molecular flexibility index (Phi) is 2.87. The van der Waals surface area contributed by atoms with Crippen LogP contribution >= 0.6 is 11.6 Å². The maximum Gasteiger partial charge on any atom is 0.175 e. The second-order valence-corrected chi connectivity index (χ2v) is 5.41. The Labute approximate surface area is 106 Å². The monoisotopic (exact) mass is 250 g/mol. The molecule has 3 nitrogen and oxygen atoms in total. The van der Waals surface area contributed by atoms with Crippen molar-refractivity contribution in [1.82, 2.24) is 5.16 Å². The predicted molar refractivity (Wildman–Crippen MR) is 70.1 cm³/mol. The molecule has 0 saturated heterocycles. The Balaban J connectivity index is 2.68. The van der Waals surface area contributed by atoms with Crippen molar-refractivity contribution in [3.8, 4) is 11.1 Å². The largest absolute Gasteiger partial charge is 0.380 e. The molecule has 0 saturated carbocycles. The molecule has 1 aromatic carbocycles. The molecule has 0 amide bonds. The molecule has 90 valence electrons. The lowest BCUT2D eigenvalue weighted by atomic mass is 9.88. The molecule has 0 atom stereocenters. The molecule has 4 heteroatoms. The fraction of sp³-hybridized carbons (Fsp3) is 0.308. The summed E-state index contributed by atoms with van der Waals surface area (Å²) in [4.78, 5) is 0. The fourth-order valence-electron chi connectivity index (χ4n) is 1.74. The Bertz CT molecular complexity index is 541. The van der Waals surface area contributed by atoms with Crippen LogP contribution in [0.4, 0.5) is 5.82 Å². The lowest BCUT2D eigenvalue weighted by Crippen LogP contribution is -2.11. The lowest BCUT2D eigenvalue weighted by molar-refractivity contribution is 0.332. The minimum absolute atomic E-state index is 0.168. The summed E-state index contributed by atoms with van der Waals surface area (Å²) < 4.78 is 5.34. The number of hydrogen-bond acceptors (Lipinski definition) is 3. The highest BCUT2D eigenvalue weighted by atomic mass is 35.5. The van der Waals surface area contributed by atoms with Gasteiger partial charge in [0, 0.05) is 16.0 Å². The third-order valence-corrected chi connectivity index (χ3v) is 2.87. The van der Waals surface area contributed by atoms with Gasteiger partial charge in [-0.3, -0.25) is 0 Å². The van der Waals surface area contributed by atoms with Gasteiger partial charge in [0.15, 0.2) is 11.6 Å². The van der Waals surface area contributed by atoms with Crippen LogP contribution in [0.25, 0.3) is 11.1 Å². The van der Waals surface area contributed by atoms with Gasteiger partial charge in [0.05, 0.1) is 5.56 Å². The Hall–Kier alpha value is -1.48.